The van der Waals surface area contributed by atoms with E-state index in [4.69, 9.17) is 36.6 Å². The van der Waals surface area contributed by atoms with Gasteiger partial charge < -0.3 is 18.5 Å². The summed E-state index contributed by atoms with van der Waals surface area (Å²) in [4.78, 5) is 24.8. The number of benzene rings is 2. The van der Waals surface area contributed by atoms with E-state index in [0.717, 1.165) is 11.1 Å². The highest BCUT2D eigenvalue weighted by molar-refractivity contribution is 7.48. The first-order valence-electron chi connectivity index (χ1n) is 13.4. The average molecular weight is 641 g/mol. The predicted molar refractivity (Wildman–Crippen MR) is 158 cm³/mol. The molecule has 0 radical (unpaired) electrons. The molecule has 0 aromatic heterocycles. The summed E-state index contributed by atoms with van der Waals surface area (Å²) in [5.74, 6) is -2.54. The van der Waals surface area contributed by atoms with Crippen LogP contribution in [0.2, 0.25) is 0 Å². The molecule has 2 aromatic carbocycles. The zero-order valence-electron chi connectivity index (χ0n) is 25.2. The number of carbonyl (C=O) groups is 2. The molecule has 0 aliphatic heterocycles. The lowest BCUT2D eigenvalue weighted by molar-refractivity contribution is -0.133. The fraction of sp³-hybridized carbons (Fsp3) is 0.379. The fourth-order valence-corrected chi connectivity index (χ4v) is 5.84. The van der Waals surface area contributed by atoms with Gasteiger partial charge in [0.25, 0.3) is 0 Å². The summed E-state index contributed by atoms with van der Waals surface area (Å²) in [5.41, 5.74) is 1.26. The summed E-state index contributed by atoms with van der Waals surface area (Å²) >= 11 is 0. The van der Waals surface area contributed by atoms with Gasteiger partial charge in [0.2, 0.25) is 11.5 Å². The molecule has 236 valence electrons. The van der Waals surface area contributed by atoms with Crippen molar-refractivity contribution in [2.24, 2.45) is 0 Å². The minimum atomic E-state index is -3.99. The van der Waals surface area contributed by atoms with E-state index in [-0.39, 0.29) is 37.9 Å². The Kier molecular flexibility index (Phi) is 13.4. The van der Waals surface area contributed by atoms with Crippen LogP contribution in [0.4, 0.5) is 0 Å². The minimum absolute atomic E-state index is 0.0451. The Morgan fingerprint density at radius 1 is 0.605 bits per heavy atom. The summed E-state index contributed by atoms with van der Waals surface area (Å²) in [6, 6.07) is 13.5. The first-order valence-corrected chi connectivity index (χ1v) is 16.3. The number of carbonyl (C=O) groups excluding carboxylic acids is 2. The van der Waals surface area contributed by atoms with E-state index in [1.54, 1.807) is 76.2 Å². The van der Waals surface area contributed by atoms with E-state index in [2.05, 4.69) is 13.2 Å². The van der Waals surface area contributed by atoms with Gasteiger partial charge >= 0.3 is 27.6 Å². The first-order chi connectivity index (χ1) is 20.2. The van der Waals surface area contributed by atoms with Crippen molar-refractivity contribution in [1.29, 1.82) is 0 Å². The van der Waals surface area contributed by atoms with Gasteiger partial charge in [0.1, 0.15) is 11.5 Å². The van der Waals surface area contributed by atoms with Gasteiger partial charge in [0, 0.05) is 5.41 Å². The van der Waals surface area contributed by atoms with Crippen LogP contribution >= 0.6 is 15.6 Å². The second-order valence-corrected chi connectivity index (χ2v) is 12.2. The van der Waals surface area contributed by atoms with Gasteiger partial charge in [-0.05, 0) is 76.2 Å². The van der Waals surface area contributed by atoms with E-state index in [9.17, 15) is 18.7 Å². The van der Waals surface area contributed by atoms with Crippen molar-refractivity contribution in [3.8, 4) is 11.5 Å². The normalized spacial score (nSPS) is 11.9. The van der Waals surface area contributed by atoms with E-state index < -0.39 is 44.5 Å². The third-order valence-corrected chi connectivity index (χ3v) is 8.81. The highest BCUT2D eigenvalue weighted by Crippen LogP contribution is 2.52. The largest absolute Gasteiger partial charge is 0.530 e. The van der Waals surface area contributed by atoms with E-state index >= 15 is 0 Å². The number of phosphoric acid groups is 2. The minimum Gasteiger partial charge on any atom is -0.421 e. The third kappa shape index (κ3) is 10.5. The maximum Gasteiger partial charge on any atom is 0.530 e. The van der Waals surface area contributed by atoms with Gasteiger partial charge in [0.15, 0.2) is 0 Å². The Labute approximate surface area is 252 Å². The molecular weight excluding hydrogens is 602 g/mol. The Bertz CT molecular complexity index is 1240. The molecule has 0 N–H and O–H groups in total. The van der Waals surface area contributed by atoms with Crippen molar-refractivity contribution in [2.75, 3.05) is 26.4 Å². The zero-order chi connectivity index (χ0) is 32.3. The zero-order valence-corrected chi connectivity index (χ0v) is 26.9. The van der Waals surface area contributed by atoms with E-state index in [1.807, 2.05) is 13.8 Å². The highest BCUT2D eigenvalue weighted by Gasteiger charge is 2.32. The molecule has 0 fully saturated rings. The molecule has 0 saturated heterocycles. The number of hydrogen-bond donors (Lipinski definition) is 0. The van der Waals surface area contributed by atoms with Crippen molar-refractivity contribution in [2.45, 2.75) is 47.0 Å². The lowest BCUT2D eigenvalue weighted by Crippen LogP contribution is -2.19. The number of rotatable bonds is 18. The molecule has 0 spiro atoms. The molecule has 12 nitrogen and oxygen atoms in total. The number of hydrogen-bond acceptors (Lipinski definition) is 12. The molecular formula is C29H38O12P2. The molecule has 14 heteroatoms. The van der Waals surface area contributed by atoms with Crippen LogP contribution in [0.1, 0.15) is 52.7 Å². The molecule has 43 heavy (non-hydrogen) atoms. The molecule has 0 atom stereocenters. The van der Waals surface area contributed by atoms with Crippen LogP contribution < -0.4 is 9.47 Å². The summed E-state index contributed by atoms with van der Waals surface area (Å²) in [5, 5.41) is 0. The maximum atomic E-state index is 12.5. The Balaban J connectivity index is 2.05. The van der Waals surface area contributed by atoms with Crippen molar-refractivity contribution in [3.05, 3.63) is 84.3 Å². The molecule has 0 aliphatic carbocycles. The van der Waals surface area contributed by atoms with Crippen LogP contribution in [0.5, 0.6) is 11.5 Å². The number of phosphoric ester groups is 2. The van der Waals surface area contributed by atoms with Gasteiger partial charge in [0.05, 0.1) is 26.4 Å². The summed E-state index contributed by atoms with van der Waals surface area (Å²) < 4.78 is 65.6. The first kappa shape index (κ1) is 36.0. The van der Waals surface area contributed by atoms with Gasteiger partial charge in [-0.3, -0.25) is 18.1 Å². The molecule has 2 rings (SSSR count). The van der Waals surface area contributed by atoms with E-state index in [1.165, 1.54) is 0 Å². The SMILES string of the molecule is C=C(OP(=O)(OCC)OCC)C(=O)Oc1ccc(C(C)(C)c2ccc(OC(=O)C(=C)OP(=O)(OCC)OCC)cc2)cc1. The van der Waals surface area contributed by atoms with Crippen LogP contribution in [-0.2, 0) is 51.3 Å². The van der Waals surface area contributed by atoms with Crippen LogP contribution in [-0.4, -0.2) is 38.4 Å². The Morgan fingerprint density at radius 3 is 1.14 bits per heavy atom. The highest BCUT2D eigenvalue weighted by atomic mass is 31.2. The fourth-order valence-electron chi connectivity index (χ4n) is 3.53. The Hall–Kier alpha value is -3.24. The van der Waals surface area contributed by atoms with Gasteiger partial charge in [-0.25, -0.2) is 18.7 Å². The molecule has 0 unspecified atom stereocenters. The topological polar surface area (TPSA) is 142 Å². The molecule has 0 heterocycles. The number of ether oxygens (including phenoxy) is 2. The van der Waals surface area contributed by atoms with Crippen LogP contribution in [0.25, 0.3) is 0 Å². The average Bonchev–Trinajstić information content (AvgIpc) is 2.94. The molecule has 0 saturated carbocycles. The molecule has 0 bridgehead atoms. The van der Waals surface area contributed by atoms with Crippen LogP contribution in [0.3, 0.4) is 0 Å². The summed E-state index contributed by atoms with van der Waals surface area (Å²) in [6.45, 7) is 17.5. The van der Waals surface area contributed by atoms with Gasteiger partial charge in [-0.15, -0.1) is 0 Å². The molecule has 0 aliphatic rings. The second kappa shape index (κ2) is 16.0. The number of esters is 2. The summed E-state index contributed by atoms with van der Waals surface area (Å²) in [7, 11) is -7.98. The van der Waals surface area contributed by atoms with Crippen molar-refractivity contribution in [1.82, 2.24) is 0 Å². The maximum absolute atomic E-state index is 12.5. The van der Waals surface area contributed by atoms with Crippen molar-refractivity contribution < 1.29 is 55.3 Å². The predicted octanol–water partition coefficient (Wildman–Crippen LogP) is 7.25. The standard InChI is InChI=1S/C29H38O12P2/c1-9-34-42(32,35-10-2)40-21(5)27(30)38-25-17-13-23(14-18-25)29(7,8)24-15-19-26(20-16-24)39-28(31)22(6)41-43(33,36-11-3)37-12-4/h13-20H,5-6,9-12H2,1-4,7-8H3. The van der Waals surface area contributed by atoms with Gasteiger partial charge in [-0.2, -0.15) is 0 Å². The quantitative estimate of drug-likeness (QED) is 0.0533. The van der Waals surface area contributed by atoms with Gasteiger partial charge in [-0.1, -0.05) is 38.1 Å². The van der Waals surface area contributed by atoms with Crippen molar-refractivity contribution in [3.63, 3.8) is 0 Å². The van der Waals surface area contributed by atoms with E-state index in [0.29, 0.717) is 0 Å². The third-order valence-electron chi connectivity index (χ3n) is 5.62. The molecule has 0 amide bonds. The monoisotopic (exact) mass is 640 g/mol. The van der Waals surface area contributed by atoms with Crippen LogP contribution in [0.15, 0.2) is 73.2 Å². The smallest absolute Gasteiger partial charge is 0.421 e. The lowest BCUT2D eigenvalue weighted by atomic mass is 9.78. The van der Waals surface area contributed by atoms with Crippen molar-refractivity contribution >= 4 is 27.6 Å². The molecule has 2 aromatic rings. The summed E-state index contributed by atoms with van der Waals surface area (Å²) in [6.07, 6.45) is 0. The second-order valence-electron chi connectivity index (χ2n) is 9.05. The van der Waals surface area contributed by atoms with Crippen LogP contribution in [0, 0.1) is 0 Å². The lowest BCUT2D eigenvalue weighted by Gasteiger charge is -2.26. The Morgan fingerprint density at radius 2 is 0.884 bits per heavy atom.